The minimum absolute atomic E-state index is 0.0503. The van der Waals surface area contributed by atoms with Gasteiger partial charge >= 0.3 is 0 Å². The molecule has 0 bridgehead atoms. The van der Waals surface area contributed by atoms with Crippen LogP contribution in [0.25, 0.3) is 5.57 Å². The van der Waals surface area contributed by atoms with Crippen LogP contribution in [-0.4, -0.2) is 67.1 Å². The van der Waals surface area contributed by atoms with Gasteiger partial charge in [0.2, 0.25) is 0 Å². The first-order valence-electron chi connectivity index (χ1n) is 13.0. The summed E-state index contributed by atoms with van der Waals surface area (Å²) in [6, 6.07) is 8.15. The number of benzene rings is 1. The van der Waals surface area contributed by atoms with Crippen LogP contribution in [0.2, 0.25) is 0 Å². The maximum Gasteiger partial charge on any atom is 0.254 e. The summed E-state index contributed by atoms with van der Waals surface area (Å²) < 4.78 is 5.66. The largest absolute Gasteiger partial charge is 0.492 e. The van der Waals surface area contributed by atoms with Crippen LogP contribution < -0.4 is 10.1 Å². The number of likely N-dealkylation sites (N-methyl/N-ethyl adjacent to an activating group) is 1. The molecule has 190 valence electrons. The third-order valence-corrected chi connectivity index (χ3v) is 7.34. The van der Waals surface area contributed by atoms with Gasteiger partial charge in [-0.25, -0.2) is 0 Å². The number of ether oxygens (including phenoxy) is 1. The number of nitrogens with zero attached hydrogens (tertiary/aromatic N) is 4. The van der Waals surface area contributed by atoms with Crippen molar-refractivity contribution in [1.82, 2.24) is 20.1 Å². The van der Waals surface area contributed by atoms with E-state index in [0.29, 0.717) is 24.5 Å². The summed E-state index contributed by atoms with van der Waals surface area (Å²) >= 11 is 0. The van der Waals surface area contributed by atoms with Crippen LogP contribution in [-0.2, 0) is 12.8 Å². The van der Waals surface area contributed by atoms with E-state index >= 15 is 0 Å². The highest BCUT2D eigenvalue weighted by Gasteiger charge is 2.32. The summed E-state index contributed by atoms with van der Waals surface area (Å²) in [6.07, 6.45) is 6.53. The van der Waals surface area contributed by atoms with Gasteiger partial charge in [-0.2, -0.15) is 5.26 Å². The molecule has 1 unspecified atom stereocenters. The van der Waals surface area contributed by atoms with Gasteiger partial charge in [0.1, 0.15) is 17.4 Å². The maximum absolute atomic E-state index is 13.9. The van der Waals surface area contributed by atoms with Crippen molar-refractivity contribution in [3.05, 3.63) is 64.0 Å². The van der Waals surface area contributed by atoms with Crippen molar-refractivity contribution in [2.24, 2.45) is 0 Å². The number of nitriles is 1. The van der Waals surface area contributed by atoms with E-state index in [-0.39, 0.29) is 11.9 Å². The normalized spacial score (nSPS) is 16.4. The zero-order valence-corrected chi connectivity index (χ0v) is 21.9. The first kappa shape index (κ1) is 25.9. The van der Waals surface area contributed by atoms with Crippen molar-refractivity contribution in [3.8, 4) is 11.8 Å². The number of aromatic nitrogens is 1. The van der Waals surface area contributed by atoms with Crippen molar-refractivity contribution < 1.29 is 9.53 Å². The van der Waals surface area contributed by atoms with Crippen molar-refractivity contribution in [2.75, 3.05) is 46.4 Å². The molecule has 1 N–H and O–H groups in total. The van der Waals surface area contributed by atoms with Crippen LogP contribution in [0.3, 0.4) is 0 Å². The molecule has 3 heterocycles. The van der Waals surface area contributed by atoms with Crippen molar-refractivity contribution in [2.45, 2.75) is 46.1 Å². The maximum atomic E-state index is 13.9. The quantitative estimate of drug-likeness (QED) is 0.576. The SMILES string of the molecule is CCOc1cc(C(C)N2CCc3c(cc(CCN(C)CC)cc3C3=CCNCC3)C2=O)ncc1C#N. The molecule has 36 heavy (non-hydrogen) atoms. The van der Waals surface area contributed by atoms with Crippen molar-refractivity contribution >= 4 is 11.5 Å². The van der Waals surface area contributed by atoms with E-state index in [0.717, 1.165) is 56.7 Å². The number of hydrogen-bond donors (Lipinski definition) is 1. The Morgan fingerprint density at radius 3 is 2.75 bits per heavy atom. The summed E-state index contributed by atoms with van der Waals surface area (Å²) in [5.74, 6) is 0.568. The van der Waals surface area contributed by atoms with Gasteiger partial charge in [0.25, 0.3) is 5.91 Å². The number of pyridine rings is 1. The number of rotatable bonds is 9. The number of fused-ring (bicyclic) bond motifs is 1. The van der Waals surface area contributed by atoms with E-state index in [4.69, 9.17) is 4.74 Å². The van der Waals surface area contributed by atoms with Gasteiger partial charge in [-0.1, -0.05) is 19.1 Å². The number of amides is 1. The molecule has 1 amide bonds. The predicted molar refractivity (Wildman–Crippen MR) is 142 cm³/mol. The Hall–Kier alpha value is -3.21. The lowest BCUT2D eigenvalue weighted by Gasteiger charge is -2.35. The van der Waals surface area contributed by atoms with E-state index in [2.05, 4.69) is 53.5 Å². The van der Waals surface area contributed by atoms with Crippen LogP contribution in [0.1, 0.15) is 71.5 Å². The van der Waals surface area contributed by atoms with Crippen LogP contribution in [0.5, 0.6) is 5.75 Å². The number of carbonyl (C=O) groups is 1. The highest BCUT2D eigenvalue weighted by atomic mass is 16.5. The van der Waals surface area contributed by atoms with Crippen LogP contribution >= 0.6 is 0 Å². The molecule has 0 aliphatic carbocycles. The Kier molecular flexibility index (Phi) is 8.40. The second-order valence-corrected chi connectivity index (χ2v) is 9.57. The van der Waals surface area contributed by atoms with Gasteiger partial charge < -0.3 is 19.9 Å². The lowest BCUT2D eigenvalue weighted by Crippen LogP contribution is -2.40. The monoisotopic (exact) mass is 487 g/mol. The van der Waals surface area contributed by atoms with Crippen molar-refractivity contribution in [3.63, 3.8) is 0 Å². The molecule has 1 aromatic heterocycles. The van der Waals surface area contributed by atoms with E-state index in [1.165, 1.54) is 22.3 Å². The van der Waals surface area contributed by atoms with Gasteiger partial charge in [-0.3, -0.25) is 9.78 Å². The Balaban J connectivity index is 1.68. The Morgan fingerprint density at radius 1 is 1.25 bits per heavy atom. The fourth-order valence-corrected chi connectivity index (χ4v) is 5.03. The molecule has 2 aromatic rings. The standard InChI is InChI=1S/C29H37N5O2/c1-5-33(4)13-9-21-15-25(22-7-11-31-12-8-22)24-10-14-34(29(35)26(24)16-21)20(3)27-17-28(36-6-2)23(18-30)19-32-27/h7,15-17,19-20,31H,5-6,8-14H2,1-4H3. The van der Waals surface area contributed by atoms with Gasteiger partial charge in [0.05, 0.1) is 18.3 Å². The highest BCUT2D eigenvalue weighted by molar-refractivity contribution is 5.98. The number of nitrogens with one attached hydrogen (secondary N) is 1. The van der Waals surface area contributed by atoms with E-state index in [9.17, 15) is 10.1 Å². The van der Waals surface area contributed by atoms with E-state index in [1.807, 2.05) is 18.7 Å². The third-order valence-electron chi connectivity index (χ3n) is 7.34. The molecule has 2 aliphatic rings. The molecular formula is C29H37N5O2. The average Bonchev–Trinajstić information content (AvgIpc) is 2.92. The Morgan fingerprint density at radius 2 is 2.06 bits per heavy atom. The first-order valence-corrected chi connectivity index (χ1v) is 13.0. The lowest BCUT2D eigenvalue weighted by atomic mass is 9.85. The predicted octanol–water partition coefficient (Wildman–Crippen LogP) is 3.98. The smallest absolute Gasteiger partial charge is 0.254 e. The molecule has 4 rings (SSSR count). The second-order valence-electron chi connectivity index (χ2n) is 9.57. The fourth-order valence-electron chi connectivity index (χ4n) is 5.03. The molecule has 0 radical (unpaired) electrons. The van der Waals surface area contributed by atoms with Gasteiger partial charge in [-0.15, -0.1) is 0 Å². The Bertz CT molecular complexity index is 1180. The summed E-state index contributed by atoms with van der Waals surface area (Å²) in [6.45, 7) is 10.9. The van der Waals surface area contributed by atoms with E-state index < -0.39 is 0 Å². The first-order chi connectivity index (χ1) is 17.5. The molecule has 0 spiro atoms. The fraction of sp³-hybridized carbons (Fsp3) is 0.483. The molecule has 0 saturated heterocycles. The summed E-state index contributed by atoms with van der Waals surface area (Å²) in [7, 11) is 2.13. The Labute approximate surface area is 214 Å². The van der Waals surface area contributed by atoms with Crippen LogP contribution in [0.4, 0.5) is 0 Å². The molecule has 2 aliphatic heterocycles. The molecule has 7 heteroatoms. The molecular weight excluding hydrogens is 450 g/mol. The topological polar surface area (TPSA) is 81.5 Å². The second kappa shape index (κ2) is 11.7. The minimum atomic E-state index is -0.228. The highest BCUT2D eigenvalue weighted by Crippen LogP contribution is 2.35. The van der Waals surface area contributed by atoms with Gasteiger partial charge in [-0.05, 0) is 81.6 Å². The summed E-state index contributed by atoms with van der Waals surface area (Å²) in [5, 5.41) is 12.8. The molecule has 0 fully saturated rings. The summed E-state index contributed by atoms with van der Waals surface area (Å²) in [5.41, 5.74) is 6.94. The molecule has 7 nitrogen and oxygen atoms in total. The van der Waals surface area contributed by atoms with Crippen molar-refractivity contribution in [1.29, 1.82) is 5.26 Å². The summed E-state index contributed by atoms with van der Waals surface area (Å²) in [4.78, 5) is 22.6. The number of hydrogen-bond acceptors (Lipinski definition) is 6. The average molecular weight is 488 g/mol. The molecule has 1 aromatic carbocycles. The van der Waals surface area contributed by atoms with Crippen LogP contribution in [0, 0.1) is 11.3 Å². The van der Waals surface area contributed by atoms with Gasteiger partial charge in [0, 0.05) is 37.5 Å². The number of carbonyl (C=O) groups excluding carboxylic acids is 1. The molecule has 0 saturated carbocycles. The van der Waals surface area contributed by atoms with Gasteiger partial charge in [0.15, 0.2) is 0 Å². The third kappa shape index (κ3) is 5.45. The minimum Gasteiger partial charge on any atom is -0.492 e. The lowest BCUT2D eigenvalue weighted by molar-refractivity contribution is 0.0668. The molecule has 1 atom stereocenters. The van der Waals surface area contributed by atoms with E-state index in [1.54, 1.807) is 12.3 Å². The zero-order chi connectivity index (χ0) is 25.7. The zero-order valence-electron chi connectivity index (χ0n) is 21.9. The van der Waals surface area contributed by atoms with Crippen LogP contribution in [0.15, 0.2) is 30.5 Å².